The third-order valence-corrected chi connectivity index (χ3v) is 11.3. The Labute approximate surface area is 220 Å². The molecule has 4 rings (SSSR count). The van der Waals surface area contributed by atoms with Crippen LogP contribution in [0.3, 0.4) is 0 Å². The number of aliphatic hydroxyl groups excluding tert-OH is 1. The minimum Gasteiger partial charge on any atom is -0.395 e. The Hall–Kier alpha value is -2.67. The Balaban J connectivity index is 1.58. The van der Waals surface area contributed by atoms with Crippen molar-refractivity contribution >= 4 is 47.0 Å². The summed E-state index contributed by atoms with van der Waals surface area (Å²) in [5.41, 5.74) is 1.51. The molecule has 37 heavy (non-hydrogen) atoms. The Kier molecular flexibility index (Phi) is 8.41. The van der Waals surface area contributed by atoms with E-state index in [9.17, 15) is 13.2 Å². The van der Waals surface area contributed by atoms with Gasteiger partial charge in [0.1, 0.15) is 11.6 Å². The van der Waals surface area contributed by atoms with Crippen molar-refractivity contribution in [2.24, 2.45) is 0 Å². The van der Waals surface area contributed by atoms with Gasteiger partial charge in [-0.1, -0.05) is 19.2 Å². The molecule has 0 bridgehead atoms. The van der Waals surface area contributed by atoms with Crippen LogP contribution in [0.5, 0.6) is 0 Å². The van der Waals surface area contributed by atoms with E-state index in [4.69, 9.17) is 9.84 Å². The summed E-state index contributed by atoms with van der Waals surface area (Å²) in [7, 11) is -4.95. The van der Waals surface area contributed by atoms with Crippen molar-refractivity contribution in [1.82, 2.24) is 4.98 Å². The number of aliphatic hydroxyl groups is 1. The molecule has 1 unspecified atom stereocenters. The highest BCUT2D eigenvalue weighted by Gasteiger charge is 2.29. The summed E-state index contributed by atoms with van der Waals surface area (Å²) < 4.78 is 32.6. The quantitative estimate of drug-likeness (QED) is 0.431. The molecule has 2 saturated heterocycles. The lowest BCUT2D eigenvalue weighted by Gasteiger charge is -2.38. The number of nitrogens with zero attached hydrogens (tertiary/aromatic N) is 3. The molecule has 0 aliphatic carbocycles. The number of anilines is 4. The summed E-state index contributed by atoms with van der Waals surface area (Å²) in [4.78, 5) is 22.4. The first-order valence-electron chi connectivity index (χ1n) is 12.7. The van der Waals surface area contributed by atoms with Gasteiger partial charge in [0.25, 0.3) is 5.91 Å². The molecular weight excluding hydrogens is 510 g/mol. The number of morpholine rings is 1. The van der Waals surface area contributed by atoms with Crippen molar-refractivity contribution in [1.29, 1.82) is 0 Å². The zero-order chi connectivity index (χ0) is 26.6. The number of amides is 1. The van der Waals surface area contributed by atoms with Gasteiger partial charge in [0, 0.05) is 26.2 Å². The van der Waals surface area contributed by atoms with E-state index in [1.807, 2.05) is 19.1 Å². The monoisotopic (exact) mass is 547 g/mol. The Morgan fingerprint density at radius 3 is 2.62 bits per heavy atom. The third-order valence-electron chi connectivity index (χ3n) is 6.87. The van der Waals surface area contributed by atoms with Gasteiger partial charge in [-0.25, -0.2) is 13.4 Å². The maximum atomic E-state index is 13.5. The van der Waals surface area contributed by atoms with E-state index in [1.165, 1.54) is 0 Å². The van der Waals surface area contributed by atoms with Crippen LogP contribution >= 0.6 is 0 Å². The topological polar surface area (TPSA) is 124 Å². The fourth-order valence-corrected chi connectivity index (χ4v) is 7.46. The highest BCUT2D eigenvalue weighted by Crippen LogP contribution is 2.32. The zero-order valence-corrected chi connectivity index (χ0v) is 23.6. The lowest BCUT2D eigenvalue weighted by molar-refractivity contribution is 0.0529. The second-order valence-corrected chi connectivity index (χ2v) is 17.7. The molecule has 0 radical (unpaired) electrons. The summed E-state index contributed by atoms with van der Waals surface area (Å²) in [6.07, 6.45) is 0.113. The van der Waals surface area contributed by atoms with Gasteiger partial charge >= 0.3 is 0 Å². The van der Waals surface area contributed by atoms with E-state index in [2.05, 4.69) is 37.9 Å². The molecule has 0 spiro atoms. The molecule has 1 aromatic heterocycles. The van der Waals surface area contributed by atoms with Crippen LogP contribution in [0.25, 0.3) is 0 Å². The number of hydrogen-bond donors (Lipinski definition) is 3. The fourth-order valence-electron chi connectivity index (χ4n) is 4.63. The van der Waals surface area contributed by atoms with Crippen molar-refractivity contribution in [2.45, 2.75) is 38.2 Å². The van der Waals surface area contributed by atoms with Crippen molar-refractivity contribution < 1.29 is 23.1 Å². The van der Waals surface area contributed by atoms with Crippen LogP contribution in [-0.4, -0.2) is 83.7 Å². The van der Waals surface area contributed by atoms with Gasteiger partial charge in [0.15, 0.2) is 0 Å². The van der Waals surface area contributed by atoms with Crippen LogP contribution in [-0.2, 0) is 14.8 Å². The molecule has 202 valence electrons. The molecule has 2 aromatic rings. The number of rotatable bonds is 8. The third kappa shape index (κ3) is 7.22. The lowest BCUT2D eigenvalue weighted by atomic mass is 10.1. The minimum atomic E-state index is -3.69. The number of nitrogens with one attached hydrogen (secondary N) is 2. The van der Waals surface area contributed by atoms with Crippen LogP contribution < -0.4 is 19.8 Å². The standard InChI is InChI=1S/C25H37N5O5SSi/c1-19-18-30(9-13-35-19)24-6-4-5-23(26-24)27-25(32)21-8-7-20(28-36(33,34)14-12-31)17-22(21)29-10-15-37(2,3)16-11-29/h4-8,17,19,28,31H,9-16,18H2,1-3H3,(H,26,27,32). The second-order valence-electron chi connectivity index (χ2n) is 10.5. The summed E-state index contributed by atoms with van der Waals surface area (Å²) in [5.74, 6) is 0.539. The van der Waals surface area contributed by atoms with Crippen LogP contribution in [0.2, 0.25) is 25.2 Å². The van der Waals surface area contributed by atoms with Crippen molar-refractivity contribution in [2.75, 3.05) is 65.0 Å². The van der Waals surface area contributed by atoms with Crippen molar-refractivity contribution in [3.05, 3.63) is 42.0 Å². The summed E-state index contributed by atoms with van der Waals surface area (Å²) in [6.45, 7) is 10.0. The highest BCUT2D eigenvalue weighted by atomic mass is 32.2. The molecule has 10 nitrogen and oxygen atoms in total. The first-order chi connectivity index (χ1) is 17.5. The molecule has 3 heterocycles. The molecule has 12 heteroatoms. The number of hydrogen-bond acceptors (Lipinski definition) is 8. The normalized spacial score (nSPS) is 19.9. The number of benzene rings is 1. The van der Waals surface area contributed by atoms with Crippen LogP contribution in [0.4, 0.5) is 23.0 Å². The SMILES string of the molecule is CC1CN(c2cccc(NC(=O)c3ccc(NS(=O)(=O)CCO)cc3N3CC[Si](C)(C)CC3)n2)CCO1. The first kappa shape index (κ1) is 27.4. The molecule has 0 saturated carbocycles. The Bertz CT molecular complexity index is 1220. The maximum absolute atomic E-state index is 13.5. The number of ether oxygens (including phenoxy) is 1. The van der Waals surface area contributed by atoms with Crippen molar-refractivity contribution in [3.63, 3.8) is 0 Å². The van der Waals surface area contributed by atoms with E-state index in [0.717, 1.165) is 44.1 Å². The molecule has 2 aliphatic heterocycles. The molecular formula is C25H37N5O5SSi. The zero-order valence-electron chi connectivity index (χ0n) is 21.7. The van der Waals surface area contributed by atoms with E-state index in [1.54, 1.807) is 24.3 Å². The number of pyridine rings is 1. The molecule has 1 atom stereocenters. The molecule has 1 aromatic carbocycles. The summed E-state index contributed by atoms with van der Waals surface area (Å²) in [6, 6.07) is 12.7. The minimum absolute atomic E-state index is 0.113. The number of carbonyl (C=O) groups is 1. The predicted molar refractivity (Wildman–Crippen MR) is 150 cm³/mol. The second kappa shape index (κ2) is 11.4. The van der Waals surface area contributed by atoms with E-state index < -0.39 is 30.5 Å². The first-order valence-corrected chi connectivity index (χ1v) is 17.8. The fraction of sp³-hybridized carbons (Fsp3) is 0.520. The Morgan fingerprint density at radius 1 is 1.16 bits per heavy atom. The van der Waals surface area contributed by atoms with Gasteiger partial charge in [0.2, 0.25) is 10.0 Å². The van der Waals surface area contributed by atoms with E-state index in [-0.39, 0.29) is 12.0 Å². The Morgan fingerprint density at radius 2 is 1.92 bits per heavy atom. The van der Waals surface area contributed by atoms with Crippen LogP contribution in [0, 0.1) is 0 Å². The smallest absolute Gasteiger partial charge is 0.258 e. The summed E-state index contributed by atoms with van der Waals surface area (Å²) in [5, 5.41) is 12.0. The highest BCUT2D eigenvalue weighted by molar-refractivity contribution is 7.92. The van der Waals surface area contributed by atoms with Gasteiger partial charge < -0.3 is 25.0 Å². The van der Waals surface area contributed by atoms with Gasteiger partial charge in [0.05, 0.1) is 50.1 Å². The van der Waals surface area contributed by atoms with Gasteiger partial charge in [-0.15, -0.1) is 0 Å². The molecule has 2 aliphatic rings. The average molecular weight is 548 g/mol. The number of carbonyl (C=O) groups excluding carboxylic acids is 1. The van der Waals surface area contributed by atoms with E-state index in [0.29, 0.717) is 29.4 Å². The van der Waals surface area contributed by atoms with Crippen LogP contribution in [0.1, 0.15) is 17.3 Å². The van der Waals surface area contributed by atoms with E-state index >= 15 is 0 Å². The molecule has 2 fully saturated rings. The average Bonchev–Trinajstić information content (AvgIpc) is 2.84. The number of aromatic nitrogens is 1. The van der Waals surface area contributed by atoms with Crippen LogP contribution in [0.15, 0.2) is 36.4 Å². The summed E-state index contributed by atoms with van der Waals surface area (Å²) >= 11 is 0. The van der Waals surface area contributed by atoms with Gasteiger partial charge in [-0.3, -0.25) is 9.52 Å². The maximum Gasteiger partial charge on any atom is 0.258 e. The number of sulfonamides is 1. The predicted octanol–water partition coefficient (Wildman–Crippen LogP) is 2.82. The lowest BCUT2D eigenvalue weighted by Crippen LogP contribution is -2.43. The van der Waals surface area contributed by atoms with Gasteiger partial charge in [-0.05, 0) is 49.3 Å². The molecule has 3 N–H and O–H groups in total. The largest absolute Gasteiger partial charge is 0.395 e. The molecule has 1 amide bonds. The van der Waals surface area contributed by atoms with Crippen molar-refractivity contribution in [3.8, 4) is 0 Å². The van der Waals surface area contributed by atoms with Gasteiger partial charge in [-0.2, -0.15) is 0 Å².